The lowest BCUT2D eigenvalue weighted by atomic mass is 9.96. The van der Waals surface area contributed by atoms with E-state index in [1.54, 1.807) is 0 Å². The van der Waals surface area contributed by atoms with Gasteiger partial charge in [-0.2, -0.15) is 0 Å². The Kier molecular flexibility index (Phi) is 12.2. The Hall–Kier alpha value is -13.5. The molecular weight excluding hydrogens is 1270 g/mol. The van der Waals surface area contributed by atoms with E-state index in [4.69, 9.17) is 42.0 Å². The number of rotatable bonds is 9. The lowest BCUT2D eigenvalue weighted by Gasteiger charge is -2.08. The van der Waals surface area contributed by atoms with Gasteiger partial charge >= 0.3 is 0 Å². The highest BCUT2D eigenvalue weighted by Gasteiger charge is 2.25. The second kappa shape index (κ2) is 22.0. The molecule has 0 aliphatic heterocycles. The molecule has 8 aromatic heterocycles. The van der Waals surface area contributed by atoms with E-state index < -0.39 is 0 Å². The summed E-state index contributed by atoms with van der Waals surface area (Å²) in [7, 11) is 0. The van der Waals surface area contributed by atoms with Crippen molar-refractivity contribution in [2.75, 3.05) is 0 Å². The Morgan fingerprint density at radius 3 is 1.30 bits per heavy atom. The SMILES string of the molecule is c1ccc(-c2ccc3oc4c(-c5ccccc5)nc(-c5cccc6oc7ccc(-c8cccc9c8sc8ccc(-c%10cccc(-c%11ccc%12oc%13c(-c%14ccccc%14)nc(-c%14ccc%15c(c%14)oc%14ccc(-c%16ccc%17oc%18ccccc%18c%17c%16)cc%14%15)nc%13c%12c%11)c%10)cc89)cc7c56)nc4c3c2)cc1. The van der Waals surface area contributed by atoms with Gasteiger partial charge in [-0.15, -0.1) is 11.3 Å². The first kappa shape index (κ1) is 56.5. The molecule has 102 heavy (non-hydrogen) atoms. The molecule has 0 bridgehead atoms. The monoisotopic (exact) mass is 1320 g/mol. The van der Waals surface area contributed by atoms with E-state index in [2.05, 4.69) is 231 Å². The number of nitrogens with zero attached hydrogens (tertiary/aromatic N) is 4. The Balaban J connectivity index is 0.606. The quantitative estimate of drug-likeness (QED) is 0.139. The van der Waals surface area contributed by atoms with Crippen LogP contribution in [-0.4, -0.2) is 19.9 Å². The predicted molar refractivity (Wildman–Crippen MR) is 416 cm³/mol. The molecule has 0 N–H and O–H groups in total. The number of benzene rings is 14. The summed E-state index contributed by atoms with van der Waals surface area (Å²) in [6.07, 6.45) is 0. The van der Waals surface area contributed by atoms with Crippen LogP contribution in [0.1, 0.15) is 0 Å². The zero-order valence-corrected chi connectivity index (χ0v) is 54.9. The number of hydrogen-bond acceptors (Lipinski definition) is 10. The molecule has 10 heteroatoms. The number of aromatic nitrogens is 4. The highest BCUT2D eigenvalue weighted by atomic mass is 32.1. The first-order chi connectivity index (χ1) is 50.5. The molecule has 0 saturated heterocycles. The molecule has 0 aliphatic rings. The third-order valence-corrected chi connectivity index (χ3v) is 21.6. The van der Waals surface area contributed by atoms with Crippen molar-refractivity contribution in [2.24, 2.45) is 0 Å². The van der Waals surface area contributed by atoms with Crippen LogP contribution in [0.5, 0.6) is 0 Å². The van der Waals surface area contributed by atoms with Crippen LogP contribution in [-0.2, 0) is 0 Å². The summed E-state index contributed by atoms with van der Waals surface area (Å²) >= 11 is 1.82. The first-order valence-corrected chi connectivity index (χ1v) is 34.8. The second-order valence-corrected chi connectivity index (χ2v) is 27.3. The van der Waals surface area contributed by atoms with Gasteiger partial charge in [-0.3, -0.25) is 0 Å². The van der Waals surface area contributed by atoms with E-state index in [0.29, 0.717) is 22.8 Å². The summed E-state index contributed by atoms with van der Waals surface area (Å²) in [5, 5.41) is 10.4. The number of hydrogen-bond donors (Lipinski definition) is 0. The van der Waals surface area contributed by atoms with Gasteiger partial charge in [0.15, 0.2) is 22.8 Å². The van der Waals surface area contributed by atoms with Crippen molar-refractivity contribution in [3.63, 3.8) is 0 Å². The largest absolute Gasteiger partial charge is 0.456 e. The average Bonchev–Trinajstić information content (AvgIpc) is 1.58. The van der Waals surface area contributed by atoms with Gasteiger partial charge < -0.3 is 22.1 Å². The zero-order valence-electron chi connectivity index (χ0n) is 54.1. The minimum atomic E-state index is 0.576. The molecule has 0 fully saturated rings. The molecule has 14 aromatic carbocycles. The highest BCUT2D eigenvalue weighted by Crippen LogP contribution is 2.47. The molecule has 0 unspecified atom stereocenters. The van der Waals surface area contributed by atoms with Crippen molar-refractivity contribution < 1.29 is 22.1 Å². The van der Waals surface area contributed by atoms with Crippen LogP contribution in [0.15, 0.2) is 325 Å². The van der Waals surface area contributed by atoms with Crippen LogP contribution in [0.4, 0.5) is 0 Å². The van der Waals surface area contributed by atoms with Gasteiger partial charge in [-0.25, -0.2) is 19.9 Å². The zero-order chi connectivity index (χ0) is 66.7. The Labute approximate surface area is 584 Å². The van der Waals surface area contributed by atoms with E-state index >= 15 is 0 Å². The van der Waals surface area contributed by atoms with Crippen molar-refractivity contribution in [3.8, 4) is 101 Å². The van der Waals surface area contributed by atoms with E-state index in [1.165, 1.54) is 20.2 Å². The third-order valence-electron chi connectivity index (χ3n) is 20.3. The summed E-state index contributed by atoms with van der Waals surface area (Å²) in [5.41, 5.74) is 25.2. The van der Waals surface area contributed by atoms with Crippen molar-refractivity contribution in [3.05, 3.63) is 303 Å². The minimum Gasteiger partial charge on any atom is -0.456 e. The van der Waals surface area contributed by atoms with E-state index in [1.807, 2.05) is 84.1 Å². The molecule has 8 heterocycles. The van der Waals surface area contributed by atoms with E-state index in [-0.39, 0.29) is 0 Å². The lowest BCUT2D eigenvalue weighted by Crippen LogP contribution is -1.94. The van der Waals surface area contributed by atoms with Gasteiger partial charge in [-0.1, -0.05) is 200 Å². The molecule has 0 atom stereocenters. The smallest absolute Gasteiger partial charge is 0.180 e. The lowest BCUT2D eigenvalue weighted by molar-refractivity contribution is 0.667. The summed E-state index contributed by atoms with van der Waals surface area (Å²) in [6, 6.07) is 106. The molecular formula is C92H50N4O5S. The highest BCUT2D eigenvalue weighted by molar-refractivity contribution is 7.26. The van der Waals surface area contributed by atoms with Crippen LogP contribution >= 0.6 is 11.3 Å². The second-order valence-electron chi connectivity index (χ2n) is 26.3. The van der Waals surface area contributed by atoms with Crippen LogP contribution < -0.4 is 0 Å². The average molecular weight is 1320 g/mol. The number of thiophene rings is 1. The summed E-state index contributed by atoms with van der Waals surface area (Å²) in [4.78, 5) is 21.4. The number of fused-ring (bicyclic) bond motifs is 18. The molecule has 22 rings (SSSR count). The maximum atomic E-state index is 6.76. The first-order valence-electron chi connectivity index (χ1n) is 34.0. The third kappa shape index (κ3) is 8.89. The fourth-order valence-electron chi connectivity index (χ4n) is 15.4. The fourth-order valence-corrected chi connectivity index (χ4v) is 16.6. The van der Waals surface area contributed by atoms with Crippen molar-refractivity contribution in [1.82, 2.24) is 19.9 Å². The molecule has 0 aliphatic carbocycles. The molecule has 0 spiro atoms. The normalized spacial score (nSPS) is 12.1. The standard InChI is InChI=1S/C92H50N4O5S/c1-4-15-51(16-5-1)56-30-39-78-72(47-56)87-89(101-78)85(53-19-8-3-9-20-53)94-92(96-87)67-26-14-28-80-83(67)71-49-61(34-41-77(71)98-80)63-24-13-25-66-70-46-60(35-42-82(70)102-90(63)66)55-22-12-21-54(43-55)59-33-40-79-73(48-59)86-88(100-79)84(52-17-6-2-7-18-52)93-91(95-86)62-29-36-65-69-45-58(32-38-76(69)99-81(65)50-62)57-31-37-75-68(44-57)64-23-10-11-27-74(64)97-75/h1-50H. The molecule has 0 amide bonds. The van der Waals surface area contributed by atoms with Crippen LogP contribution in [0, 0.1) is 0 Å². The number of furan rings is 5. The van der Waals surface area contributed by atoms with Crippen molar-refractivity contribution in [1.29, 1.82) is 0 Å². The van der Waals surface area contributed by atoms with Crippen LogP contribution in [0.2, 0.25) is 0 Å². The van der Waals surface area contributed by atoms with Gasteiger partial charge in [0, 0.05) is 85.5 Å². The van der Waals surface area contributed by atoms with Crippen LogP contribution in [0.3, 0.4) is 0 Å². The van der Waals surface area contributed by atoms with Gasteiger partial charge in [-0.05, 0) is 159 Å². The molecule has 0 saturated carbocycles. The Bertz CT molecular complexity index is 7260. The van der Waals surface area contributed by atoms with Crippen LogP contribution in [0.25, 0.3) is 231 Å². The molecule has 0 radical (unpaired) electrons. The topological polar surface area (TPSA) is 117 Å². The van der Waals surface area contributed by atoms with Crippen molar-refractivity contribution in [2.45, 2.75) is 0 Å². The maximum Gasteiger partial charge on any atom is 0.180 e. The predicted octanol–water partition coefficient (Wildman–Crippen LogP) is 26.1. The molecule has 474 valence electrons. The maximum absolute atomic E-state index is 6.76. The summed E-state index contributed by atoms with van der Waals surface area (Å²) < 4.78 is 35.3. The molecule has 22 aromatic rings. The fraction of sp³-hybridized carbons (Fsp3) is 0. The van der Waals surface area contributed by atoms with E-state index in [0.717, 1.165) is 188 Å². The Morgan fingerprint density at radius 2 is 0.637 bits per heavy atom. The Morgan fingerprint density at radius 1 is 0.216 bits per heavy atom. The van der Waals surface area contributed by atoms with Gasteiger partial charge in [0.2, 0.25) is 0 Å². The number of para-hydroxylation sites is 1. The summed E-state index contributed by atoms with van der Waals surface area (Å²) in [5.74, 6) is 1.17. The van der Waals surface area contributed by atoms with Gasteiger partial charge in [0.05, 0.1) is 0 Å². The van der Waals surface area contributed by atoms with Gasteiger partial charge in [0.25, 0.3) is 0 Å². The molecule has 9 nitrogen and oxygen atoms in total. The van der Waals surface area contributed by atoms with Gasteiger partial charge in [0.1, 0.15) is 67.1 Å². The minimum absolute atomic E-state index is 0.576. The summed E-state index contributed by atoms with van der Waals surface area (Å²) in [6.45, 7) is 0. The van der Waals surface area contributed by atoms with Crippen molar-refractivity contribution >= 4 is 141 Å². The van der Waals surface area contributed by atoms with E-state index in [9.17, 15) is 0 Å².